The average Bonchev–Trinajstić information content (AvgIpc) is 2.90. The molecule has 0 unspecified atom stereocenters. The maximum absolute atomic E-state index is 12.5. The van der Waals surface area contributed by atoms with Gasteiger partial charge < -0.3 is 20.4 Å². The normalized spacial score (nSPS) is 14.4. The first-order valence-electron chi connectivity index (χ1n) is 8.51. The van der Waals surface area contributed by atoms with Gasteiger partial charge in [0.1, 0.15) is 0 Å². The van der Waals surface area contributed by atoms with Crippen molar-refractivity contribution in [1.29, 1.82) is 0 Å². The Balaban J connectivity index is 1.56. The molecule has 27 heavy (non-hydrogen) atoms. The van der Waals surface area contributed by atoms with Gasteiger partial charge in [-0.05, 0) is 36.8 Å². The summed E-state index contributed by atoms with van der Waals surface area (Å²) in [5, 5.41) is 6.38. The third-order valence-electron chi connectivity index (χ3n) is 4.15. The fraction of sp³-hybridized carbons (Fsp3) is 0.278. The zero-order valence-electron chi connectivity index (χ0n) is 14.5. The summed E-state index contributed by atoms with van der Waals surface area (Å²) in [5.41, 5.74) is 1.10. The number of nitrogens with zero attached hydrogens (tertiary/aromatic N) is 3. The van der Waals surface area contributed by atoms with E-state index in [1.807, 2.05) is 0 Å². The first-order valence-corrected chi connectivity index (χ1v) is 9.26. The van der Waals surface area contributed by atoms with Crippen LogP contribution in [0.1, 0.15) is 6.42 Å². The second-order valence-electron chi connectivity index (χ2n) is 6.04. The molecule has 1 aromatic heterocycles. The predicted octanol–water partition coefficient (Wildman–Crippen LogP) is 4.16. The van der Waals surface area contributed by atoms with E-state index in [4.69, 9.17) is 23.2 Å². The molecule has 1 aromatic carbocycles. The molecule has 4 amide bonds. The summed E-state index contributed by atoms with van der Waals surface area (Å²) in [7, 11) is 0. The zero-order valence-corrected chi connectivity index (χ0v) is 16.0. The van der Waals surface area contributed by atoms with Gasteiger partial charge in [0.2, 0.25) is 0 Å². The van der Waals surface area contributed by atoms with E-state index < -0.39 is 0 Å². The summed E-state index contributed by atoms with van der Waals surface area (Å²) >= 11 is 11.9. The predicted molar refractivity (Wildman–Crippen MR) is 106 cm³/mol. The van der Waals surface area contributed by atoms with E-state index in [0.29, 0.717) is 49.0 Å². The first kappa shape index (κ1) is 19.3. The third-order valence-corrected chi connectivity index (χ3v) is 4.68. The summed E-state index contributed by atoms with van der Waals surface area (Å²) in [5.74, 6) is 0. The molecule has 7 nitrogen and oxygen atoms in total. The molecule has 0 aliphatic carbocycles. The minimum atomic E-state index is -0.262. The minimum absolute atomic E-state index is 0.213. The highest BCUT2D eigenvalue weighted by Gasteiger charge is 2.22. The van der Waals surface area contributed by atoms with Crippen LogP contribution in [0.15, 0.2) is 42.6 Å². The third kappa shape index (κ3) is 5.24. The fourth-order valence-corrected chi connectivity index (χ4v) is 3.12. The molecule has 0 atom stereocenters. The number of carbonyl (C=O) groups excluding carboxylic acids is 2. The number of rotatable bonds is 2. The number of amides is 4. The number of hydrogen-bond donors (Lipinski definition) is 2. The largest absolute Gasteiger partial charge is 0.323 e. The summed E-state index contributed by atoms with van der Waals surface area (Å²) in [6.07, 6.45) is 2.23. The van der Waals surface area contributed by atoms with Crippen LogP contribution in [0.4, 0.5) is 21.0 Å². The number of nitrogens with one attached hydrogen (secondary N) is 2. The molecule has 1 saturated heterocycles. The lowest BCUT2D eigenvalue weighted by Gasteiger charge is -2.23. The molecule has 3 rings (SSSR count). The van der Waals surface area contributed by atoms with Gasteiger partial charge in [-0.15, -0.1) is 0 Å². The van der Waals surface area contributed by atoms with E-state index in [2.05, 4.69) is 15.6 Å². The molecule has 1 aliphatic rings. The van der Waals surface area contributed by atoms with Gasteiger partial charge in [-0.1, -0.05) is 29.3 Å². The van der Waals surface area contributed by atoms with E-state index >= 15 is 0 Å². The molecule has 1 fully saturated rings. The summed E-state index contributed by atoms with van der Waals surface area (Å²) in [6.45, 7) is 1.96. The Kier molecular flexibility index (Phi) is 6.36. The average molecular weight is 408 g/mol. The molecule has 0 bridgehead atoms. The highest BCUT2D eigenvalue weighted by molar-refractivity contribution is 6.32. The zero-order chi connectivity index (χ0) is 19.2. The molecule has 0 radical (unpaired) electrons. The quantitative estimate of drug-likeness (QED) is 0.733. The van der Waals surface area contributed by atoms with Crippen LogP contribution in [0, 0.1) is 0 Å². The SMILES string of the molecule is O=C(Nc1cccc(Cl)c1)N1CCCN(C(=O)Nc2cccnc2Cl)CC1. The van der Waals surface area contributed by atoms with Gasteiger partial charge >= 0.3 is 12.1 Å². The number of urea groups is 2. The van der Waals surface area contributed by atoms with Crippen LogP contribution in [0.5, 0.6) is 0 Å². The Morgan fingerprint density at radius 2 is 1.63 bits per heavy atom. The van der Waals surface area contributed by atoms with Gasteiger partial charge in [0.15, 0.2) is 5.15 Å². The lowest BCUT2D eigenvalue weighted by atomic mass is 10.3. The standard InChI is InChI=1S/C18H19Cl2N5O2/c19-13-4-1-5-14(12-13)22-17(26)24-8-3-9-25(11-10-24)18(27)23-15-6-2-7-21-16(15)20/h1-2,4-7,12H,3,8-11H2,(H,22,26)(H,23,27). The van der Waals surface area contributed by atoms with Crippen molar-refractivity contribution in [1.82, 2.24) is 14.8 Å². The highest BCUT2D eigenvalue weighted by atomic mass is 35.5. The molecule has 142 valence electrons. The Morgan fingerprint density at radius 1 is 0.926 bits per heavy atom. The van der Waals surface area contributed by atoms with E-state index in [1.165, 1.54) is 0 Å². The number of halogens is 2. The second kappa shape index (κ2) is 8.92. The monoisotopic (exact) mass is 407 g/mol. The van der Waals surface area contributed by atoms with Crippen molar-refractivity contribution >= 4 is 46.6 Å². The van der Waals surface area contributed by atoms with Crippen molar-refractivity contribution in [3.8, 4) is 0 Å². The lowest BCUT2D eigenvalue weighted by Crippen LogP contribution is -2.40. The van der Waals surface area contributed by atoms with Crippen LogP contribution < -0.4 is 10.6 Å². The maximum atomic E-state index is 12.5. The van der Waals surface area contributed by atoms with Crippen molar-refractivity contribution in [2.75, 3.05) is 36.8 Å². The van der Waals surface area contributed by atoms with E-state index in [0.717, 1.165) is 0 Å². The molecule has 1 aliphatic heterocycles. The number of pyridine rings is 1. The molecular weight excluding hydrogens is 389 g/mol. The minimum Gasteiger partial charge on any atom is -0.323 e. The summed E-state index contributed by atoms with van der Waals surface area (Å²) < 4.78 is 0. The highest BCUT2D eigenvalue weighted by Crippen LogP contribution is 2.19. The second-order valence-corrected chi connectivity index (χ2v) is 6.83. The Bertz CT molecular complexity index is 833. The molecule has 0 saturated carbocycles. The topological polar surface area (TPSA) is 77.6 Å². The fourth-order valence-electron chi connectivity index (χ4n) is 2.77. The Labute approximate surface area is 167 Å². The Morgan fingerprint density at radius 3 is 2.30 bits per heavy atom. The van der Waals surface area contributed by atoms with Gasteiger partial charge in [0.25, 0.3) is 0 Å². The van der Waals surface area contributed by atoms with Gasteiger partial charge in [0, 0.05) is 43.1 Å². The lowest BCUT2D eigenvalue weighted by molar-refractivity contribution is 0.205. The first-order chi connectivity index (χ1) is 13.0. The molecule has 2 heterocycles. The number of benzene rings is 1. The van der Waals surface area contributed by atoms with Crippen molar-refractivity contribution in [2.24, 2.45) is 0 Å². The smallest absolute Gasteiger partial charge is 0.321 e. The number of hydrogen-bond acceptors (Lipinski definition) is 3. The molecule has 0 spiro atoms. The summed E-state index contributed by atoms with van der Waals surface area (Å²) in [4.78, 5) is 32.2. The molecule has 2 aromatic rings. The number of carbonyl (C=O) groups is 2. The summed E-state index contributed by atoms with van der Waals surface area (Å²) in [6, 6.07) is 9.90. The van der Waals surface area contributed by atoms with Crippen LogP contribution in [-0.2, 0) is 0 Å². The Hall–Kier alpha value is -2.51. The van der Waals surface area contributed by atoms with Crippen molar-refractivity contribution in [3.63, 3.8) is 0 Å². The van der Waals surface area contributed by atoms with E-state index in [9.17, 15) is 9.59 Å². The number of aromatic nitrogens is 1. The van der Waals surface area contributed by atoms with Crippen LogP contribution in [-0.4, -0.2) is 53.0 Å². The van der Waals surface area contributed by atoms with Crippen LogP contribution in [0.3, 0.4) is 0 Å². The number of anilines is 2. The van der Waals surface area contributed by atoms with E-state index in [-0.39, 0.29) is 17.2 Å². The van der Waals surface area contributed by atoms with Crippen LogP contribution in [0.25, 0.3) is 0 Å². The van der Waals surface area contributed by atoms with Crippen LogP contribution >= 0.6 is 23.2 Å². The van der Waals surface area contributed by atoms with Gasteiger partial charge in [-0.3, -0.25) is 0 Å². The van der Waals surface area contributed by atoms with Gasteiger partial charge in [-0.2, -0.15) is 0 Å². The van der Waals surface area contributed by atoms with Gasteiger partial charge in [-0.25, -0.2) is 14.6 Å². The molecule has 9 heteroatoms. The molecular formula is C18H19Cl2N5O2. The van der Waals surface area contributed by atoms with E-state index in [1.54, 1.807) is 52.4 Å². The van der Waals surface area contributed by atoms with Gasteiger partial charge in [0.05, 0.1) is 5.69 Å². The van der Waals surface area contributed by atoms with Crippen LogP contribution in [0.2, 0.25) is 10.2 Å². The van der Waals surface area contributed by atoms with Crippen molar-refractivity contribution < 1.29 is 9.59 Å². The maximum Gasteiger partial charge on any atom is 0.321 e. The molecule has 2 N–H and O–H groups in total. The van der Waals surface area contributed by atoms with Crippen molar-refractivity contribution in [2.45, 2.75) is 6.42 Å². The van der Waals surface area contributed by atoms with Crippen molar-refractivity contribution in [3.05, 3.63) is 52.8 Å².